The number of para-hydroxylation sites is 2. The van der Waals surface area contributed by atoms with E-state index in [2.05, 4.69) is 35.1 Å². The van der Waals surface area contributed by atoms with Crippen molar-refractivity contribution in [2.75, 3.05) is 5.34 Å². The van der Waals surface area contributed by atoms with Crippen molar-refractivity contribution in [3.05, 3.63) is 132 Å². The Morgan fingerprint density at radius 1 is 0.510 bits per heavy atom. The lowest BCUT2D eigenvalue weighted by Gasteiger charge is -2.20. The predicted octanol–water partition coefficient (Wildman–Crippen LogP) is 11.7. The zero-order chi connectivity index (χ0) is 34.3. The van der Waals surface area contributed by atoms with Gasteiger partial charge in [-0.1, -0.05) is 63.1 Å². The molecule has 8 heteroatoms. The number of unbranched alkanes of at least 4 members (excludes halogenated alkanes) is 2. The Labute approximate surface area is 294 Å². The fourth-order valence-corrected chi connectivity index (χ4v) is 6.44. The molecule has 0 spiro atoms. The number of aromatic nitrogens is 2. The van der Waals surface area contributed by atoms with Gasteiger partial charge in [-0.05, 0) is 85.6 Å². The molecule has 0 radical (unpaired) electrons. The van der Waals surface area contributed by atoms with Crippen molar-refractivity contribution in [3.63, 3.8) is 0 Å². The van der Waals surface area contributed by atoms with Crippen LogP contribution in [0.25, 0.3) is 43.6 Å². The maximum Gasteiger partial charge on any atom is 0.124 e. The molecule has 2 heterocycles. The summed E-state index contributed by atoms with van der Waals surface area (Å²) in [6.45, 7) is 5.87. The average molecular weight is 696 g/mol. The highest BCUT2D eigenvalue weighted by atomic mass is 35.5. The van der Waals surface area contributed by atoms with E-state index in [0.717, 1.165) is 104 Å². The first-order chi connectivity index (χ1) is 24.0. The van der Waals surface area contributed by atoms with Gasteiger partial charge in [0.25, 0.3) is 0 Å². The quantitative estimate of drug-likeness (QED) is 0.112. The van der Waals surface area contributed by atoms with Gasteiger partial charge in [0.05, 0.1) is 49.5 Å². The van der Waals surface area contributed by atoms with Gasteiger partial charge in [0.15, 0.2) is 0 Å². The van der Waals surface area contributed by atoms with Crippen molar-refractivity contribution in [2.24, 2.45) is 9.98 Å². The number of aryl methyl sites for hydroxylation is 2. The van der Waals surface area contributed by atoms with Crippen molar-refractivity contribution >= 4 is 78.2 Å². The van der Waals surface area contributed by atoms with Crippen LogP contribution < -0.4 is 10.7 Å². The number of halogens is 4. The first-order valence-electron chi connectivity index (χ1n) is 16.7. The highest BCUT2D eigenvalue weighted by Gasteiger charge is 2.17. The van der Waals surface area contributed by atoms with Crippen molar-refractivity contribution < 1.29 is 8.78 Å². The Balaban J connectivity index is 0.00000134. The predicted molar refractivity (Wildman–Crippen MR) is 202 cm³/mol. The molecule has 49 heavy (non-hydrogen) atoms. The van der Waals surface area contributed by atoms with Gasteiger partial charge in [-0.25, -0.2) is 18.8 Å². The molecule has 0 bridgehead atoms. The molecule has 7 rings (SSSR count). The highest BCUT2D eigenvalue weighted by molar-refractivity contribution is 6.40. The number of alkyl halides is 2. The molecule has 0 amide bonds. The van der Waals surface area contributed by atoms with Gasteiger partial charge in [0.2, 0.25) is 0 Å². The fourth-order valence-electron chi connectivity index (χ4n) is 6.44. The second kappa shape index (κ2) is 15.8. The number of hydrogen-bond donors (Lipinski definition) is 0. The van der Waals surface area contributed by atoms with Crippen LogP contribution in [0.4, 0.5) is 20.2 Å². The molecule has 0 saturated carbocycles. The van der Waals surface area contributed by atoms with Gasteiger partial charge in [0, 0.05) is 34.6 Å². The Morgan fingerprint density at radius 2 is 0.878 bits per heavy atom. The molecule has 4 nitrogen and oxygen atoms in total. The summed E-state index contributed by atoms with van der Waals surface area (Å²) in [5, 5.41) is 5.06. The van der Waals surface area contributed by atoms with E-state index in [1.165, 1.54) is 12.1 Å². The summed E-state index contributed by atoms with van der Waals surface area (Å²) in [5.41, 5.74) is 5.41. The number of benzene rings is 5. The molecule has 0 aliphatic rings. The van der Waals surface area contributed by atoms with Gasteiger partial charge in [-0.2, -0.15) is 0 Å². The number of pyridine rings is 2. The summed E-state index contributed by atoms with van der Waals surface area (Å²) in [6, 6.07) is 34.0. The summed E-state index contributed by atoms with van der Waals surface area (Å²) >= 11 is 9.53. The molecule has 0 saturated heterocycles. The van der Waals surface area contributed by atoms with Crippen LogP contribution in [-0.2, 0) is 13.1 Å². The lowest BCUT2D eigenvalue weighted by molar-refractivity contribution is 0.627. The Hall–Kier alpha value is -4.52. The average Bonchev–Trinajstić information content (AvgIpc) is 3.12. The molecular weight excluding hydrogens is 657 g/mol. The molecule has 0 N–H and O–H groups in total. The molecule has 7 aromatic rings. The normalized spacial score (nSPS) is 12.3. The van der Waals surface area contributed by atoms with Gasteiger partial charge < -0.3 is 9.13 Å². The fraction of sp³-hybridized carbons (Fsp3) is 0.220. The minimum absolute atomic E-state index is 0.194. The van der Waals surface area contributed by atoms with E-state index in [9.17, 15) is 8.78 Å². The second-order valence-corrected chi connectivity index (χ2v) is 12.7. The number of nitrogens with zero attached hydrogens (tertiary/aromatic N) is 4. The van der Waals surface area contributed by atoms with E-state index in [0.29, 0.717) is 0 Å². The minimum atomic E-state index is -0.297. The Bertz CT molecular complexity index is 2220. The van der Waals surface area contributed by atoms with Crippen molar-refractivity contribution in [3.8, 4) is 0 Å². The third-order valence-corrected chi connectivity index (χ3v) is 8.68. The maximum absolute atomic E-state index is 15.0. The van der Waals surface area contributed by atoms with Crippen molar-refractivity contribution in [1.29, 1.82) is 0 Å². The van der Waals surface area contributed by atoms with E-state index < -0.39 is 0 Å². The van der Waals surface area contributed by atoms with E-state index in [1.807, 2.05) is 72.8 Å². The summed E-state index contributed by atoms with van der Waals surface area (Å²) < 4.78 is 34.5. The lowest BCUT2D eigenvalue weighted by atomic mass is 10.0. The molecule has 2 aromatic heterocycles. The zero-order valence-electron chi connectivity index (χ0n) is 27.6. The van der Waals surface area contributed by atoms with Crippen LogP contribution in [0.15, 0.2) is 119 Å². The SMILES string of the molecule is CCCCn1c2ccc(F)cc2c(=Nc2ccccc2)c2cc3c(cc21)c(=Nc1ccccc1)c1cc(F)ccc1n3CCCC.ClCCl. The second-order valence-electron chi connectivity index (χ2n) is 11.9. The van der Waals surface area contributed by atoms with Gasteiger partial charge >= 0.3 is 0 Å². The minimum Gasteiger partial charge on any atom is -0.340 e. The molecule has 5 aromatic carbocycles. The number of rotatable bonds is 8. The van der Waals surface area contributed by atoms with Crippen LogP contribution in [0.3, 0.4) is 0 Å². The van der Waals surface area contributed by atoms with Gasteiger partial charge in [0.1, 0.15) is 11.6 Å². The van der Waals surface area contributed by atoms with Crippen molar-refractivity contribution in [1.82, 2.24) is 9.13 Å². The highest BCUT2D eigenvalue weighted by Crippen LogP contribution is 2.29. The van der Waals surface area contributed by atoms with Crippen molar-refractivity contribution in [2.45, 2.75) is 52.6 Å². The molecule has 0 fully saturated rings. The Morgan fingerprint density at radius 3 is 1.24 bits per heavy atom. The molecule has 0 atom stereocenters. The number of fused-ring (bicyclic) bond motifs is 4. The Kier molecular flexibility index (Phi) is 11.1. The van der Waals surface area contributed by atoms with Crippen LogP contribution in [0.1, 0.15) is 39.5 Å². The zero-order valence-corrected chi connectivity index (χ0v) is 29.2. The summed E-state index contributed by atoms with van der Waals surface area (Å²) in [5.74, 6) is -0.594. The first-order valence-corrected chi connectivity index (χ1v) is 17.8. The van der Waals surface area contributed by atoms with Crippen LogP contribution in [0, 0.1) is 11.6 Å². The maximum atomic E-state index is 15.0. The van der Waals surface area contributed by atoms with Gasteiger partial charge in [-0.15, -0.1) is 23.2 Å². The first kappa shape index (κ1) is 34.3. The molecular formula is C41H38Cl2F2N4. The van der Waals surface area contributed by atoms with E-state index in [4.69, 9.17) is 33.2 Å². The molecule has 250 valence electrons. The number of hydrogen-bond acceptors (Lipinski definition) is 2. The van der Waals surface area contributed by atoms with Crippen LogP contribution in [0.2, 0.25) is 0 Å². The monoisotopic (exact) mass is 694 g/mol. The van der Waals surface area contributed by atoms with Gasteiger partial charge in [-0.3, -0.25) is 0 Å². The van der Waals surface area contributed by atoms with Crippen LogP contribution in [0.5, 0.6) is 0 Å². The molecule has 0 aliphatic carbocycles. The third kappa shape index (κ3) is 7.26. The standard InChI is InChI=1S/C40H36F2N4.CH2Cl2/c1-3-5-21-45-35-19-17-27(41)23-31(35)39(43-29-13-9-7-10-14-29)33-26-38-34(25-37(33)45)40(44-30-15-11-8-12-16-30)32-24-28(42)18-20-36(32)46(38)22-6-4-2;2-1-3/h7-20,23-26H,3-6,21-22H2,1-2H3;1H2. The molecule has 0 unspecified atom stereocenters. The topological polar surface area (TPSA) is 34.6 Å². The third-order valence-electron chi connectivity index (χ3n) is 8.68. The van der Waals surface area contributed by atoms with Crippen LogP contribution >= 0.6 is 23.2 Å². The summed E-state index contributed by atoms with van der Waals surface area (Å²) in [4.78, 5) is 10.3. The smallest absolute Gasteiger partial charge is 0.124 e. The lowest BCUT2D eigenvalue weighted by Crippen LogP contribution is -2.17. The largest absolute Gasteiger partial charge is 0.340 e. The van der Waals surface area contributed by atoms with E-state index in [-0.39, 0.29) is 17.0 Å². The summed E-state index contributed by atoms with van der Waals surface area (Å²) in [7, 11) is 0. The van der Waals surface area contributed by atoms with Crippen LogP contribution in [-0.4, -0.2) is 14.5 Å². The van der Waals surface area contributed by atoms with E-state index in [1.54, 1.807) is 12.1 Å². The molecule has 0 aliphatic heterocycles. The summed E-state index contributed by atoms with van der Waals surface area (Å²) in [6.07, 6.45) is 3.94. The van der Waals surface area contributed by atoms with E-state index >= 15 is 0 Å².